The molecule has 0 spiro atoms. The minimum absolute atomic E-state index is 0.265. The fourth-order valence-electron chi connectivity index (χ4n) is 2.60. The molecule has 102 valence electrons. The van der Waals surface area contributed by atoms with Gasteiger partial charge in [-0.1, -0.05) is 26.7 Å². The van der Waals surface area contributed by atoms with Crippen LogP contribution in [0.5, 0.6) is 0 Å². The molecule has 2 heteroatoms. The largest absolute Gasteiger partial charge is 0.312 e. The lowest BCUT2D eigenvalue weighted by molar-refractivity contribution is 0.240. The second-order valence-corrected chi connectivity index (χ2v) is 8.66. The Kier molecular flexibility index (Phi) is 5.85. The first kappa shape index (κ1) is 15.4. The number of nitrogens with one attached hydrogen (secondary N) is 1. The zero-order valence-corrected chi connectivity index (χ0v) is 13.3. The van der Waals surface area contributed by atoms with E-state index in [1.807, 2.05) is 0 Å². The summed E-state index contributed by atoms with van der Waals surface area (Å²) in [6.07, 6.45) is 7.17. The topological polar surface area (TPSA) is 12.0 Å². The van der Waals surface area contributed by atoms with Crippen LogP contribution in [0.25, 0.3) is 0 Å². The van der Waals surface area contributed by atoms with Gasteiger partial charge in [-0.25, -0.2) is 0 Å². The maximum atomic E-state index is 3.73. The average molecular weight is 257 g/mol. The van der Waals surface area contributed by atoms with Gasteiger partial charge in [-0.2, -0.15) is 11.8 Å². The van der Waals surface area contributed by atoms with Gasteiger partial charge < -0.3 is 5.32 Å². The molecule has 0 aromatic rings. The Bertz CT molecular complexity index is 211. The maximum Gasteiger partial charge on any atom is 0.00967 e. The standard InChI is InChI=1S/C15H31NS/c1-13(2)17-11-10-15(8-6-7-9-15)12-16-14(3,4)5/h13,16H,6-12H2,1-5H3. The molecular weight excluding hydrogens is 226 g/mol. The number of hydrogen-bond acceptors (Lipinski definition) is 2. The maximum absolute atomic E-state index is 3.73. The summed E-state index contributed by atoms with van der Waals surface area (Å²) in [5, 5.41) is 4.52. The highest BCUT2D eigenvalue weighted by atomic mass is 32.2. The van der Waals surface area contributed by atoms with Gasteiger partial charge >= 0.3 is 0 Å². The van der Waals surface area contributed by atoms with E-state index in [4.69, 9.17) is 0 Å². The Morgan fingerprint density at radius 3 is 2.24 bits per heavy atom. The van der Waals surface area contributed by atoms with Crippen molar-refractivity contribution in [2.24, 2.45) is 5.41 Å². The van der Waals surface area contributed by atoms with Gasteiger partial charge in [-0.15, -0.1) is 0 Å². The fraction of sp³-hybridized carbons (Fsp3) is 1.00. The lowest BCUT2D eigenvalue weighted by atomic mass is 9.82. The lowest BCUT2D eigenvalue weighted by Crippen LogP contribution is -2.43. The summed E-state index contributed by atoms with van der Waals surface area (Å²) < 4.78 is 0. The van der Waals surface area contributed by atoms with Gasteiger partial charge in [0.25, 0.3) is 0 Å². The van der Waals surface area contributed by atoms with E-state index in [9.17, 15) is 0 Å². The molecule has 1 nitrogen and oxygen atoms in total. The van der Waals surface area contributed by atoms with Gasteiger partial charge in [-0.05, 0) is 56.5 Å². The highest BCUT2D eigenvalue weighted by Gasteiger charge is 2.34. The summed E-state index contributed by atoms with van der Waals surface area (Å²) in [7, 11) is 0. The van der Waals surface area contributed by atoms with Crippen LogP contribution in [0.3, 0.4) is 0 Å². The van der Waals surface area contributed by atoms with Gasteiger partial charge in [0.15, 0.2) is 0 Å². The van der Waals surface area contributed by atoms with Crippen molar-refractivity contribution in [2.75, 3.05) is 12.3 Å². The Hall–Kier alpha value is 0.310. The first-order valence-electron chi connectivity index (χ1n) is 7.20. The van der Waals surface area contributed by atoms with Crippen molar-refractivity contribution in [2.45, 2.75) is 77.5 Å². The van der Waals surface area contributed by atoms with Crippen molar-refractivity contribution in [1.82, 2.24) is 5.32 Å². The molecule has 0 amide bonds. The molecule has 1 N–H and O–H groups in total. The fourth-order valence-corrected chi connectivity index (χ4v) is 3.63. The zero-order chi connectivity index (χ0) is 12.9. The Balaban J connectivity index is 2.39. The highest BCUT2D eigenvalue weighted by molar-refractivity contribution is 7.99. The van der Waals surface area contributed by atoms with Crippen LogP contribution < -0.4 is 5.32 Å². The summed E-state index contributed by atoms with van der Waals surface area (Å²) in [5.41, 5.74) is 0.871. The van der Waals surface area contributed by atoms with Crippen molar-refractivity contribution in [1.29, 1.82) is 0 Å². The van der Waals surface area contributed by atoms with Gasteiger partial charge in [0, 0.05) is 12.1 Å². The molecule has 1 fully saturated rings. The average Bonchev–Trinajstić information content (AvgIpc) is 2.63. The van der Waals surface area contributed by atoms with Gasteiger partial charge in [0.05, 0.1) is 0 Å². The van der Waals surface area contributed by atoms with Crippen LogP contribution in [0.4, 0.5) is 0 Å². The molecule has 1 aliphatic rings. The Morgan fingerprint density at radius 1 is 1.18 bits per heavy atom. The minimum atomic E-state index is 0.265. The molecule has 0 saturated heterocycles. The lowest BCUT2D eigenvalue weighted by Gasteiger charge is -2.33. The van der Waals surface area contributed by atoms with E-state index in [1.165, 1.54) is 44.4 Å². The molecule has 0 radical (unpaired) electrons. The van der Waals surface area contributed by atoms with Crippen LogP contribution in [-0.4, -0.2) is 23.1 Å². The molecular formula is C15H31NS. The van der Waals surface area contributed by atoms with E-state index < -0.39 is 0 Å². The Labute approximate surface area is 113 Å². The molecule has 0 unspecified atom stereocenters. The molecule has 0 aromatic carbocycles. The van der Waals surface area contributed by atoms with Crippen LogP contribution in [0.1, 0.15) is 66.7 Å². The molecule has 1 rings (SSSR count). The number of hydrogen-bond donors (Lipinski definition) is 1. The SMILES string of the molecule is CC(C)SCCC1(CNC(C)(C)C)CCCC1. The smallest absolute Gasteiger partial charge is 0.00967 e. The van der Waals surface area contributed by atoms with Crippen LogP contribution in [0.2, 0.25) is 0 Å². The van der Waals surface area contributed by atoms with Crippen molar-refractivity contribution in [3.63, 3.8) is 0 Å². The first-order chi connectivity index (χ1) is 7.83. The summed E-state index contributed by atoms with van der Waals surface area (Å²) in [4.78, 5) is 0. The molecule has 0 heterocycles. The van der Waals surface area contributed by atoms with Crippen LogP contribution in [0.15, 0.2) is 0 Å². The van der Waals surface area contributed by atoms with Crippen LogP contribution in [0, 0.1) is 5.41 Å². The second kappa shape index (κ2) is 6.47. The van der Waals surface area contributed by atoms with E-state index >= 15 is 0 Å². The Morgan fingerprint density at radius 2 is 1.76 bits per heavy atom. The summed E-state index contributed by atoms with van der Waals surface area (Å²) in [6, 6.07) is 0. The quantitative estimate of drug-likeness (QED) is 0.753. The molecule has 0 atom stereocenters. The van der Waals surface area contributed by atoms with Crippen molar-refractivity contribution < 1.29 is 0 Å². The summed E-state index contributed by atoms with van der Waals surface area (Å²) in [5.74, 6) is 1.34. The molecule has 0 aliphatic heterocycles. The first-order valence-corrected chi connectivity index (χ1v) is 8.25. The third-order valence-electron chi connectivity index (χ3n) is 3.74. The zero-order valence-electron chi connectivity index (χ0n) is 12.4. The molecule has 1 aliphatic carbocycles. The number of thioether (sulfide) groups is 1. The molecule has 17 heavy (non-hydrogen) atoms. The third-order valence-corrected chi connectivity index (χ3v) is 4.85. The van der Waals surface area contributed by atoms with Gasteiger partial charge in [-0.3, -0.25) is 0 Å². The van der Waals surface area contributed by atoms with E-state index in [0.717, 1.165) is 5.25 Å². The van der Waals surface area contributed by atoms with E-state index in [1.54, 1.807) is 0 Å². The molecule has 0 aromatic heterocycles. The summed E-state index contributed by atoms with van der Waals surface area (Å²) in [6.45, 7) is 12.7. The van der Waals surface area contributed by atoms with Crippen LogP contribution in [-0.2, 0) is 0 Å². The predicted molar refractivity (Wildman–Crippen MR) is 80.9 cm³/mol. The number of rotatable bonds is 6. The van der Waals surface area contributed by atoms with E-state index in [0.29, 0.717) is 5.41 Å². The molecule has 0 bridgehead atoms. The van der Waals surface area contributed by atoms with Crippen molar-refractivity contribution >= 4 is 11.8 Å². The third kappa shape index (κ3) is 6.15. The monoisotopic (exact) mass is 257 g/mol. The van der Waals surface area contributed by atoms with Gasteiger partial charge in [0.2, 0.25) is 0 Å². The predicted octanol–water partition coefficient (Wildman–Crippen LogP) is 4.47. The second-order valence-electron chi connectivity index (χ2n) is 6.98. The normalized spacial score (nSPS) is 20.1. The van der Waals surface area contributed by atoms with Crippen molar-refractivity contribution in [3.05, 3.63) is 0 Å². The van der Waals surface area contributed by atoms with Crippen molar-refractivity contribution in [3.8, 4) is 0 Å². The van der Waals surface area contributed by atoms with E-state index in [-0.39, 0.29) is 5.54 Å². The van der Waals surface area contributed by atoms with E-state index in [2.05, 4.69) is 51.7 Å². The highest BCUT2D eigenvalue weighted by Crippen LogP contribution is 2.41. The van der Waals surface area contributed by atoms with Crippen LogP contribution >= 0.6 is 11.8 Å². The molecule has 1 saturated carbocycles. The minimum Gasteiger partial charge on any atom is -0.312 e. The van der Waals surface area contributed by atoms with Gasteiger partial charge in [0.1, 0.15) is 0 Å². The summed E-state index contributed by atoms with van der Waals surface area (Å²) >= 11 is 2.12.